The van der Waals surface area contributed by atoms with E-state index < -0.39 is 0 Å². The molecule has 202 valence electrons. The Morgan fingerprint density at radius 2 is 1.90 bits per heavy atom. The lowest BCUT2D eigenvalue weighted by molar-refractivity contribution is 0.0811. The van der Waals surface area contributed by atoms with Crippen LogP contribution in [0.1, 0.15) is 24.8 Å². The van der Waals surface area contributed by atoms with Crippen LogP contribution in [0.5, 0.6) is 11.5 Å². The Morgan fingerprint density at radius 1 is 1.13 bits per heavy atom. The number of carbonyl (C=O) groups is 1. The third-order valence-electron chi connectivity index (χ3n) is 6.99. The molecule has 1 amide bonds. The molecule has 0 aliphatic carbocycles. The van der Waals surface area contributed by atoms with Crippen LogP contribution in [-0.4, -0.2) is 50.4 Å². The molecule has 4 aromatic rings. The van der Waals surface area contributed by atoms with Gasteiger partial charge in [0.15, 0.2) is 33.6 Å². The van der Waals surface area contributed by atoms with Gasteiger partial charge < -0.3 is 29.4 Å². The molecule has 39 heavy (non-hydrogen) atoms. The number of likely N-dealkylation sites (tertiary alicyclic amines) is 1. The van der Waals surface area contributed by atoms with E-state index in [0.29, 0.717) is 47.5 Å². The van der Waals surface area contributed by atoms with E-state index >= 15 is 0 Å². The van der Waals surface area contributed by atoms with Crippen LogP contribution in [-0.2, 0) is 17.9 Å². The zero-order valence-electron chi connectivity index (χ0n) is 21.1. The van der Waals surface area contributed by atoms with E-state index in [1.807, 2.05) is 42.5 Å². The first-order valence-electron chi connectivity index (χ1n) is 12.7. The number of aryl methyl sites for hydroxylation is 1. The van der Waals surface area contributed by atoms with Crippen molar-refractivity contribution in [2.24, 2.45) is 5.92 Å². The number of carbonyl (C=O) groups excluding carboxylic acids is 1. The normalized spacial score (nSPS) is 15.2. The van der Waals surface area contributed by atoms with Gasteiger partial charge in [-0.15, -0.1) is 0 Å². The van der Waals surface area contributed by atoms with Crippen molar-refractivity contribution >= 4 is 50.8 Å². The predicted octanol–water partition coefficient (Wildman–Crippen LogP) is 5.49. The Labute approximate surface area is 238 Å². The summed E-state index contributed by atoms with van der Waals surface area (Å²) < 4.78 is 19.6. The Kier molecular flexibility index (Phi) is 7.47. The number of imidazole rings is 1. The molecular formula is C27H27BrN6O4S. The van der Waals surface area contributed by atoms with E-state index in [4.69, 9.17) is 24.9 Å². The van der Waals surface area contributed by atoms with Crippen molar-refractivity contribution in [1.82, 2.24) is 24.4 Å². The quantitative estimate of drug-likeness (QED) is 0.290. The van der Waals surface area contributed by atoms with Crippen LogP contribution in [0.2, 0.25) is 0 Å². The van der Waals surface area contributed by atoms with Crippen molar-refractivity contribution in [3.63, 3.8) is 0 Å². The third kappa shape index (κ3) is 5.62. The van der Waals surface area contributed by atoms with Crippen LogP contribution in [0.25, 0.3) is 11.2 Å². The average Bonchev–Trinajstić information content (AvgIpc) is 3.56. The highest BCUT2D eigenvalue weighted by molar-refractivity contribution is 9.10. The standard InChI is InChI=1S/C27H27BrN6O4S/c28-19-12-20-21(38-16-37-20)13-22(19)39-26-32-23-24(29)30-15-31-25(23)34(26)11-8-17-6-9-33(10-7-17)27(35)36-14-18-4-2-1-3-5-18/h1-5,12-13,15,17H,6-11,14,16H2,(H2,29,30,31). The number of hydrogen-bond acceptors (Lipinski definition) is 9. The zero-order valence-corrected chi connectivity index (χ0v) is 23.5. The highest BCUT2D eigenvalue weighted by Crippen LogP contribution is 2.43. The number of piperidine rings is 1. The summed E-state index contributed by atoms with van der Waals surface area (Å²) in [4.78, 5) is 28.7. The molecule has 4 heterocycles. The van der Waals surface area contributed by atoms with Gasteiger partial charge >= 0.3 is 6.09 Å². The first-order valence-corrected chi connectivity index (χ1v) is 14.4. The predicted molar refractivity (Wildman–Crippen MR) is 150 cm³/mol. The van der Waals surface area contributed by atoms with Gasteiger partial charge in [-0.25, -0.2) is 19.7 Å². The van der Waals surface area contributed by atoms with Crippen molar-refractivity contribution < 1.29 is 19.0 Å². The number of anilines is 1. The number of fused-ring (bicyclic) bond motifs is 2. The van der Waals surface area contributed by atoms with Crippen molar-refractivity contribution in [2.45, 2.75) is 42.5 Å². The van der Waals surface area contributed by atoms with Gasteiger partial charge in [-0.2, -0.15) is 0 Å². The first-order chi connectivity index (χ1) is 19.0. The summed E-state index contributed by atoms with van der Waals surface area (Å²) >= 11 is 5.16. The van der Waals surface area contributed by atoms with Gasteiger partial charge in [0.05, 0.1) is 0 Å². The molecule has 10 nitrogen and oxygen atoms in total. The SMILES string of the molecule is Nc1ncnc2c1nc(Sc1cc3c(cc1Br)OCO3)n2CCC1CCN(C(=O)OCc2ccccc2)CC1. The summed E-state index contributed by atoms with van der Waals surface area (Å²) in [6, 6.07) is 13.6. The fourth-order valence-electron chi connectivity index (χ4n) is 4.82. The fraction of sp³-hybridized carbons (Fsp3) is 0.333. The Morgan fingerprint density at radius 3 is 2.69 bits per heavy atom. The molecular weight excluding hydrogens is 584 g/mol. The first kappa shape index (κ1) is 25.8. The lowest BCUT2D eigenvalue weighted by Crippen LogP contribution is -2.39. The van der Waals surface area contributed by atoms with E-state index in [1.54, 1.807) is 4.90 Å². The Balaban J connectivity index is 1.11. The molecule has 1 fully saturated rings. The molecule has 2 N–H and O–H groups in total. The minimum Gasteiger partial charge on any atom is -0.454 e. The highest BCUT2D eigenvalue weighted by Gasteiger charge is 2.25. The molecule has 1 saturated heterocycles. The van der Waals surface area contributed by atoms with Crippen LogP contribution in [0.4, 0.5) is 10.6 Å². The molecule has 12 heteroatoms. The number of hydrogen-bond donors (Lipinski definition) is 1. The lowest BCUT2D eigenvalue weighted by atomic mass is 9.94. The monoisotopic (exact) mass is 610 g/mol. The minimum atomic E-state index is -0.252. The second-order valence-electron chi connectivity index (χ2n) is 9.47. The van der Waals surface area contributed by atoms with Crippen molar-refractivity contribution in [3.8, 4) is 11.5 Å². The molecule has 6 rings (SSSR count). The highest BCUT2D eigenvalue weighted by atomic mass is 79.9. The van der Waals surface area contributed by atoms with Crippen molar-refractivity contribution in [1.29, 1.82) is 0 Å². The maximum atomic E-state index is 12.6. The van der Waals surface area contributed by atoms with Crippen LogP contribution >= 0.6 is 27.7 Å². The van der Waals surface area contributed by atoms with E-state index in [1.165, 1.54) is 18.1 Å². The summed E-state index contributed by atoms with van der Waals surface area (Å²) in [6.45, 7) is 2.59. The molecule has 2 aromatic heterocycles. The number of amides is 1. The van der Waals surface area contributed by atoms with E-state index in [9.17, 15) is 4.79 Å². The molecule has 2 aromatic carbocycles. The third-order valence-corrected chi connectivity index (χ3v) is 8.96. The van der Waals surface area contributed by atoms with E-state index in [0.717, 1.165) is 45.9 Å². The zero-order chi connectivity index (χ0) is 26.8. The molecule has 0 unspecified atom stereocenters. The topological polar surface area (TPSA) is 118 Å². The second-order valence-corrected chi connectivity index (χ2v) is 11.3. The van der Waals surface area contributed by atoms with Gasteiger partial charge in [-0.1, -0.05) is 42.1 Å². The number of benzene rings is 2. The largest absolute Gasteiger partial charge is 0.454 e. The minimum absolute atomic E-state index is 0.212. The lowest BCUT2D eigenvalue weighted by Gasteiger charge is -2.31. The van der Waals surface area contributed by atoms with Crippen molar-refractivity contribution in [2.75, 3.05) is 25.6 Å². The van der Waals surface area contributed by atoms with Gasteiger partial charge in [-0.3, -0.25) is 0 Å². The van der Waals surface area contributed by atoms with Crippen LogP contribution in [0, 0.1) is 5.92 Å². The molecule has 0 spiro atoms. The molecule has 0 radical (unpaired) electrons. The maximum Gasteiger partial charge on any atom is 0.410 e. The molecule has 0 saturated carbocycles. The average molecular weight is 612 g/mol. The van der Waals surface area contributed by atoms with Crippen LogP contribution in [0.3, 0.4) is 0 Å². The number of halogens is 1. The Hall–Kier alpha value is -3.51. The number of nitrogen functional groups attached to an aromatic ring is 1. The second kappa shape index (κ2) is 11.3. The summed E-state index contributed by atoms with van der Waals surface area (Å²) in [7, 11) is 0. The van der Waals surface area contributed by atoms with Crippen LogP contribution < -0.4 is 15.2 Å². The fourth-order valence-corrected chi connectivity index (χ4v) is 6.32. The van der Waals surface area contributed by atoms with E-state index in [-0.39, 0.29) is 19.5 Å². The van der Waals surface area contributed by atoms with E-state index in [2.05, 4.69) is 30.5 Å². The van der Waals surface area contributed by atoms with Gasteiger partial charge in [0.2, 0.25) is 6.79 Å². The molecule has 2 aliphatic heterocycles. The summed E-state index contributed by atoms with van der Waals surface area (Å²) in [5.74, 6) is 2.24. The Bertz CT molecular complexity index is 1490. The molecule has 0 atom stereocenters. The summed E-state index contributed by atoms with van der Waals surface area (Å²) in [5.41, 5.74) is 8.44. The van der Waals surface area contributed by atoms with Crippen LogP contribution in [0.15, 0.2) is 63.3 Å². The van der Waals surface area contributed by atoms with Gasteiger partial charge in [0.25, 0.3) is 0 Å². The van der Waals surface area contributed by atoms with Gasteiger partial charge in [0, 0.05) is 29.0 Å². The molecule has 2 aliphatic rings. The summed E-state index contributed by atoms with van der Waals surface area (Å²) in [6.07, 6.45) is 3.98. The maximum absolute atomic E-state index is 12.6. The number of nitrogens with zero attached hydrogens (tertiary/aromatic N) is 5. The number of rotatable bonds is 7. The smallest absolute Gasteiger partial charge is 0.410 e. The van der Waals surface area contributed by atoms with Crippen molar-refractivity contribution in [3.05, 3.63) is 58.8 Å². The van der Waals surface area contributed by atoms with Gasteiger partial charge in [0.1, 0.15) is 12.9 Å². The number of ether oxygens (including phenoxy) is 3. The van der Waals surface area contributed by atoms with Gasteiger partial charge in [-0.05, 0) is 58.8 Å². The molecule has 0 bridgehead atoms. The summed E-state index contributed by atoms with van der Waals surface area (Å²) in [5, 5.41) is 0.777. The number of aromatic nitrogens is 4. The number of nitrogens with two attached hydrogens (primary N) is 1.